The van der Waals surface area contributed by atoms with Gasteiger partial charge in [-0.3, -0.25) is 14.8 Å². The number of rotatable bonds is 3. The predicted molar refractivity (Wildman–Crippen MR) is 87.1 cm³/mol. The summed E-state index contributed by atoms with van der Waals surface area (Å²) in [6, 6.07) is 10.1. The molecule has 4 atom stereocenters. The van der Waals surface area contributed by atoms with Gasteiger partial charge in [-0.25, -0.2) is 5.48 Å². The van der Waals surface area contributed by atoms with Crippen LogP contribution < -0.4 is 5.48 Å². The van der Waals surface area contributed by atoms with E-state index < -0.39 is 23.8 Å². The van der Waals surface area contributed by atoms with Crippen molar-refractivity contribution in [1.82, 2.24) is 10.4 Å². The van der Waals surface area contributed by atoms with Gasteiger partial charge in [0.1, 0.15) is 0 Å². The second kappa shape index (κ2) is 7.32. The molecule has 6 heteroatoms. The zero-order valence-electron chi connectivity index (χ0n) is 13.6. The van der Waals surface area contributed by atoms with Crippen LogP contribution in [-0.2, 0) is 9.59 Å². The molecule has 3 unspecified atom stereocenters. The highest BCUT2D eigenvalue weighted by atomic mass is 16.5. The van der Waals surface area contributed by atoms with E-state index in [1.807, 2.05) is 23.1 Å². The van der Waals surface area contributed by atoms with Gasteiger partial charge < -0.3 is 10.0 Å². The molecule has 2 amide bonds. The summed E-state index contributed by atoms with van der Waals surface area (Å²) in [5.74, 6) is -1.41. The van der Waals surface area contributed by atoms with Crippen LogP contribution in [0, 0.1) is 11.8 Å². The first-order chi connectivity index (χ1) is 11.6. The second-order valence-electron chi connectivity index (χ2n) is 6.84. The summed E-state index contributed by atoms with van der Waals surface area (Å²) < 4.78 is 0. The van der Waals surface area contributed by atoms with Gasteiger partial charge >= 0.3 is 0 Å². The number of nitrogens with one attached hydrogen (secondary N) is 1. The Morgan fingerprint density at radius 3 is 2.54 bits per heavy atom. The molecule has 3 N–H and O–H groups in total. The number of aliphatic hydroxyl groups is 1. The SMILES string of the molecule is O=C(NO)C1CC(O)CCC1C(=O)N1CC[C@H](c2ccccc2)C1. The number of likely N-dealkylation sites (tertiary alicyclic amines) is 1. The first kappa shape index (κ1) is 16.9. The van der Waals surface area contributed by atoms with E-state index in [0.717, 1.165) is 6.42 Å². The zero-order chi connectivity index (χ0) is 17.1. The second-order valence-corrected chi connectivity index (χ2v) is 6.84. The van der Waals surface area contributed by atoms with E-state index in [0.29, 0.717) is 31.8 Å². The van der Waals surface area contributed by atoms with Gasteiger partial charge in [0.25, 0.3) is 0 Å². The van der Waals surface area contributed by atoms with Crippen LogP contribution in [0.25, 0.3) is 0 Å². The summed E-state index contributed by atoms with van der Waals surface area (Å²) >= 11 is 0. The van der Waals surface area contributed by atoms with Crippen molar-refractivity contribution in [3.63, 3.8) is 0 Å². The van der Waals surface area contributed by atoms with E-state index in [2.05, 4.69) is 12.1 Å². The van der Waals surface area contributed by atoms with Gasteiger partial charge in [-0.15, -0.1) is 0 Å². The Hall–Kier alpha value is -1.92. The van der Waals surface area contributed by atoms with Crippen molar-refractivity contribution in [3.8, 4) is 0 Å². The largest absolute Gasteiger partial charge is 0.393 e. The lowest BCUT2D eigenvalue weighted by molar-refractivity contribution is -0.148. The summed E-state index contributed by atoms with van der Waals surface area (Å²) in [6.45, 7) is 1.35. The fourth-order valence-electron chi connectivity index (χ4n) is 4.01. The Labute approximate surface area is 141 Å². The lowest BCUT2D eigenvalue weighted by Gasteiger charge is -2.34. The number of amides is 2. The van der Waals surface area contributed by atoms with Crippen LogP contribution in [0.15, 0.2) is 30.3 Å². The number of benzene rings is 1. The molecule has 2 fully saturated rings. The van der Waals surface area contributed by atoms with Crippen molar-refractivity contribution < 1.29 is 19.9 Å². The Bertz CT molecular complexity index is 592. The van der Waals surface area contributed by atoms with Crippen LogP contribution >= 0.6 is 0 Å². The molecule has 2 aliphatic rings. The summed E-state index contributed by atoms with van der Waals surface area (Å²) in [5.41, 5.74) is 2.88. The average molecular weight is 332 g/mol. The third-order valence-electron chi connectivity index (χ3n) is 5.36. The standard InChI is InChI=1S/C18H24N2O4/c21-14-6-7-15(16(10-14)17(22)19-24)18(23)20-9-8-13(11-20)12-4-2-1-3-5-12/h1-5,13-16,21,24H,6-11H2,(H,19,22)/t13-,14?,15?,16?/m0/s1. The lowest BCUT2D eigenvalue weighted by Crippen LogP contribution is -2.46. The summed E-state index contributed by atoms with van der Waals surface area (Å²) in [6.07, 6.45) is 1.54. The maximum absolute atomic E-state index is 12.9. The molecule has 1 aromatic rings. The maximum Gasteiger partial charge on any atom is 0.247 e. The van der Waals surface area contributed by atoms with E-state index in [4.69, 9.17) is 5.21 Å². The molecule has 1 heterocycles. The molecule has 130 valence electrons. The van der Waals surface area contributed by atoms with Crippen LogP contribution in [0.2, 0.25) is 0 Å². The Balaban J connectivity index is 1.68. The van der Waals surface area contributed by atoms with Gasteiger partial charge in [-0.2, -0.15) is 0 Å². The Morgan fingerprint density at radius 1 is 1.08 bits per heavy atom. The quantitative estimate of drug-likeness (QED) is 0.575. The van der Waals surface area contributed by atoms with E-state index in [1.54, 1.807) is 5.48 Å². The number of hydrogen-bond donors (Lipinski definition) is 3. The van der Waals surface area contributed by atoms with Crippen LogP contribution in [-0.4, -0.2) is 46.2 Å². The first-order valence-electron chi connectivity index (χ1n) is 8.56. The topological polar surface area (TPSA) is 89.9 Å². The summed E-state index contributed by atoms with van der Waals surface area (Å²) in [5, 5.41) is 18.7. The number of nitrogens with zero attached hydrogens (tertiary/aromatic N) is 1. The summed E-state index contributed by atoms with van der Waals surface area (Å²) in [4.78, 5) is 26.6. The molecular formula is C18H24N2O4. The molecule has 1 saturated heterocycles. The Kier molecular flexibility index (Phi) is 5.16. The molecule has 0 bridgehead atoms. The highest BCUT2D eigenvalue weighted by Crippen LogP contribution is 2.35. The third-order valence-corrected chi connectivity index (χ3v) is 5.36. The molecule has 1 saturated carbocycles. The number of aliphatic hydroxyl groups excluding tert-OH is 1. The molecule has 1 aliphatic heterocycles. The number of carbonyl (C=O) groups is 2. The number of hydrogen-bond acceptors (Lipinski definition) is 4. The average Bonchev–Trinajstić information content (AvgIpc) is 3.11. The first-order valence-corrected chi connectivity index (χ1v) is 8.56. The zero-order valence-corrected chi connectivity index (χ0v) is 13.6. The fourth-order valence-corrected chi connectivity index (χ4v) is 4.01. The lowest BCUT2D eigenvalue weighted by atomic mass is 9.76. The normalized spacial score (nSPS) is 30.2. The minimum atomic E-state index is -0.665. The van der Waals surface area contributed by atoms with Crippen molar-refractivity contribution in [2.75, 3.05) is 13.1 Å². The molecule has 0 radical (unpaired) electrons. The van der Waals surface area contributed by atoms with E-state index in [1.165, 1.54) is 5.56 Å². The van der Waals surface area contributed by atoms with E-state index in [-0.39, 0.29) is 12.3 Å². The van der Waals surface area contributed by atoms with Crippen LogP contribution in [0.5, 0.6) is 0 Å². The predicted octanol–water partition coefficient (Wildman–Crippen LogP) is 1.29. The molecule has 24 heavy (non-hydrogen) atoms. The van der Waals surface area contributed by atoms with Gasteiger partial charge in [-0.1, -0.05) is 30.3 Å². The van der Waals surface area contributed by atoms with Gasteiger partial charge in [-0.05, 0) is 31.2 Å². The minimum Gasteiger partial charge on any atom is -0.393 e. The number of carbonyl (C=O) groups excluding carboxylic acids is 2. The fraction of sp³-hybridized carbons (Fsp3) is 0.556. The molecule has 3 rings (SSSR count). The monoisotopic (exact) mass is 332 g/mol. The molecule has 1 aliphatic carbocycles. The Morgan fingerprint density at radius 2 is 1.83 bits per heavy atom. The van der Waals surface area contributed by atoms with Gasteiger partial charge in [0.05, 0.1) is 12.0 Å². The number of hydroxylamine groups is 1. The maximum atomic E-state index is 12.9. The minimum absolute atomic E-state index is 0.0334. The smallest absolute Gasteiger partial charge is 0.247 e. The van der Waals surface area contributed by atoms with Crippen molar-refractivity contribution in [3.05, 3.63) is 35.9 Å². The molecule has 0 aromatic heterocycles. The molecule has 0 spiro atoms. The van der Waals surface area contributed by atoms with Crippen molar-refractivity contribution in [2.24, 2.45) is 11.8 Å². The van der Waals surface area contributed by atoms with Gasteiger partial charge in [0.2, 0.25) is 11.8 Å². The van der Waals surface area contributed by atoms with Crippen molar-refractivity contribution in [2.45, 2.75) is 37.7 Å². The highest BCUT2D eigenvalue weighted by Gasteiger charge is 2.41. The van der Waals surface area contributed by atoms with Crippen molar-refractivity contribution >= 4 is 11.8 Å². The third kappa shape index (κ3) is 3.44. The van der Waals surface area contributed by atoms with Gasteiger partial charge in [0.15, 0.2) is 0 Å². The van der Waals surface area contributed by atoms with E-state index >= 15 is 0 Å². The van der Waals surface area contributed by atoms with Gasteiger partial charge in [0, 0.05) is 24.9 Å². The van der Waals surface area contributed by atoms with Crippen molar-refractivity contribution in [1.29, 1.82) is 0 Å². The van der Waals surface area contributed by atoms with Crippen LogP contribution in [0.3, 0.4) is 0 Å². The molecular weight excluding hydrogens is 308 g/mol. The van der Waals surface area contributed by atoms with Crippen LogP contribution in [0.4, 0.5) is 0 Å². The van der Waals surface area contributed by atoms with Crippen LogP contribution in [0.1, 0.15) is 37.2 Å². The summed E-state index contributed by atoms with van der Waals surface area (Å²) in [7, 11) is 0. The highest BCUT2D eigenvalue weighted by molar-refractivity contribution is 5.87. The molecule has 6 nitrogen and oxygen atoms in total. The van der Waals surface area contributed by atoms with E-state index in [9.17, 15) is 14.7 Å². The molecule has 1 aromatic carbocycles.